The molecule has 21 heavy (non-hydrogen) atoms. The van der Waals surface area contributed by atoms with Crippen LogP contribution < -0.4 is 4.74 Å². The van der Waals surface area contributed by atoms with Gasteiger partial charge in [0.1, 0.15) is 5.75 Å². The van der Waals surface area contributed by atoms with Crippen LogP contribution >= 0.6 is 0 Å². The van der Waals surface area contributed by atoms with E-state index in [1.165, 1.54) is 42.9 Å². The van der Waals surface area contributed by atoms with Crippen molar-refractivity contribution in [3.8, 4) is 16.9 Å². The monoisotopic (exact) mass is 280 g/mol. The van der Waals surface area contributed by atoms with E-state index >= 15 is 0 Å². The Morgan fingerprint density at radius 1 is 1.05 bits per heavy atom. The topological polar surface area (TPSA) is 26.3 Å². The zero-order valence-corrected chi connectivity index (χ0v) is 12.6. The lowest BCUT2D eigenvalue weighted by molar-refractivity contribution is -0.131. The van der Waals surface area contributed by atoms with Gasteiger partial charge in [-0.25, -0.2) is 0 Å². The molecule has 0 aliphatic heterocycles. The van der Waals surface area contributed by atoms with Gasteiger partial charge in [0, 0.05) is 6.92 Å². The third-order valence-electron chi connectivity index (χ3n) is 4.13. The van der Waals surface area contributed by atoms with Crippen molar-refractivity contribution in [3.05, 3.63) is 53.6 Å². The molecule has 1 atom stereocenters. The van der Waals surface area contributed by atoms with E-state index in [2.05, 4.69) is 25.1 Å². The Morgan fingerprint density at radius 3 is 2.48 bits per heavy atom. The van der Waals surface area contributed by atoms with E-state index in [0.29, 0.717) is 5.75 Å². The van der Waals surface area contributed by atoms with Crippen LogP contribution in [0.4, 0.5) is 0 Å². The van der Waals surface area contributed by atoms with Crippen LogP contribution in [-0.2, 0) is 17.6 Å². The van der Waals surface area contributed by atoms with E-state index in [-0.39, 0.29) is 5.97 Å². The largest absolute Gasteiger partial charge is 0.427 e. The van der Waals surface area contributed by atoms with Gasteiger partial charge < -0.3 is 4.74 Å². The maximum Gasteiger partial charge on any atom is 0.308 e. The molecular weight excluding hydrogens is 260 g/mol. The molecule has 1 aliphatic carbocycles. The molecule has 0 bridgehead atoms. The maximum atomic E-state index is 10.9. The molecule has 0 aromatic heterocycles. The Kier molecular flexibility index (Phi) is 3.78. The van der Waals surface area contributed by atoms with Crippen LogP contribution in [0.15, 0.2) is 42.5 Å². The first-order chi connectivity index (χ1) is 10.1. The predicted octanol–water partition coefficient (Wildman–Crippen LogP) is 4.40. The summed E-state index contributed by atoms with van der Waals surface area (Å²) in [4.78, 5) is 10.9. The van der Waals surface area contributed by atoms with Gasteiger partial charge in [-0.15, -0.1) is 0 Å². The number of hydrogen-bond donors (Lipinski definition) is 0. The first-order valence-electron chi connectivity index (χ1n) is 7.52. The maximum absolute atomic E-state index is 10.9. The molecule has 0 saturated heterocycles. The summed E-state index contributed by atoms with van der Waals surface area (Å²) < 4.78 is 5.07. The van der Waals surface area contributed by atoms with Crippen LogP contribution in [0.2, 0.25) is 0 Å². The number of ether oxygens (including phenoxy) is 1. The lowest BCUT2D eigenvalue weighted by atomic mass is 9.83. The van der Waals surface area contributed by atoms with Crippen LogP contribution in [0.3, 0.4) is 0 Å². The second kappa shape index (κ2) is 5.72. The molecule has 108 valence electrons. The fourth-order valence-corrected chi connectivity index (χ4v) is 3.00. The molecule has 2 aromatic rings. The molecule has 1 aliphatic rings. The Labute approximate surface area is 125 Å². The molecule has 0 heterocycles. The fourth-order valence-electron chi connectivity index (χ4n) is 3.00. The number of fused-ring (bicyclic) bond motifs is 1. The van der Waals surface area contributed by atoms with Gasteiger partial charge in [-0.2, -0.15) is 0 Å². The van der Waals surface area contributed by atoms with Crippen molar-refractivity contribution in [3.63, 3.8) is 0 Å². The van der Waals surface area contributed by atoms with Crippen molar-refractivity contribution in [2.75, 3.05) is 0 Å². The molecule has 0 fully saturated rings. The van der Waals surface area contributed by atoms with Gasteiger partial charge in [-0.05, 0) is 59.6 Å². The fraction of sp³-hybridized carbons (Fsp3) is 0.316. The van der Waals surface area contributed by atoms with Gasteiger partial charge in [-0.1, -0.05) is 37.3 Å². The molecule has 2 nitrogen and oxygen atoms in total. The van der Waals surface area contributed by atoms with Crippen LogP contribution in [0, 0.1) is 5.92 Å². The number of esters is 1. The second-order valence-corrected chi connectivity index (χ2v) is 5.95. The van der Waals surface area contributed by atoms with E-state index in [9.17, 15) is 4.79 Å². The SMILES string of the molecule is CC(=O)Oc1ccc(-c2ccc3c(c2)CCC(C)C3)cc1. The molecule has 0 N–H and O–H groups in total. The Morgan fingerprint density at radius 2 is 1.76 bits per heavy atom. The van der Waals surface area contributed by atoms with E-state index in [0.717, 1.165) is 11.5 Å². The third-order valence-corrected chi connectivity index (χ3v) is 4.13. The van der Waals surface area contributed by atoms with Crippen LogP contribution in [-0.4, -0.2) is 5.97 Å². The second-order valence-electron chi connectivity index (χ2n) is 5.95. The Balaban J connectivity index is 1.85. The van der Waals surface area contributed by atoms with Crippen molar-refractivity contribution in [1.82, 2.24) is 0 Å². The molecule has 0 saturated carbocycles. The summed E-state index contributed by atoms with van der Waals surface area (Å²) >= 11 is 0. The molecule has 0 amide bonds. The lowest BCUT2D eigenvalue weighted by Crippen LogP contribution is -2.11. The first kappa shape index (κ1) is 13.9. The van der Waals surface area contributed by atoms with E-state index in [1.807, 2.05) is 24.3 Å². The van der Waals surface area contributed by atoms with Gasteiger partial charge in [0.15, 0.2) is 0 Å². The molecule has 2 heteroatoms. The Hall–Kier alpha value is -2.09. The summed E-state index contributed by atoms with van der Waals surface area (Å²) in [6.07, 6.45) is 3.65. The highest BCUT2D eigenvalue weighted by Gasteiger charge is 2.15. The summed E-state index contributed by atoms with van der Waals surface area (Å²) in [5.41, 5.74) is 5.37. The average molecular weight is 280 g/mol. The molecule has 0 radical (unpaired) electrons. The smallest absolute Gasteiger partial charge is 0.308 e. The van der Waals surface area contributed by atoms with Crippen molar-refractivity contribution in [2.45, 2.75) is 33.1 Å². The third kappa shape index (κ3) is 3.15. The average Bonchev–Trinajstić information content (AvgIpc) is 2.47. The van der Waals surface area contributed by atoms with Crippen molar-refractivity contribution in [1.29, 1.82) is 0 Å². The molecule has 2 aromatic carbocycles. The van der Waals surface area contributed by atoms with Gasteiger partial charge in [0.25, 0.3) is 0 Å². The van der Waals surface area contributed by atoms with Gasteiger partial charge >= 0.3 is 5.97 Å². The van der Waals surface area contributed by atoms with Crippen molar-refractivity contribution in [2.24, 2.45) is 5.92 Å². The van der Waals surface area contributed by atoms with E-state index < -0.39 is 0 Å². The number of carbonyl (C=O) groups is 1. The summed E-state index contributed by atoms with van der Waals surface area (Å²) in [6.45, 7) is 3.74. The van der Waals surface area contributed by atoms with Crippen LogP contribution in [0.25, 0.3) is 11.1 Å². The van der Waals surface area contributed by atoms with Crippen LogP contribution in [0.5, 0.6) is 5.75 Å². The van der Waals surface area contributed by atoms with Crippen LogP contribution in [0.1, 0.15) is 31.4 Å². The summed E-state index contributed by atoms with van der Waals surface area (Å²) in [6, 6.07) is 14.5. The van der Waals surface area contributed by atoms with Crippen molar-refractivity contribution < 1.29 is 9.53 Å². The molecule has 3 rings (SSSR count). The zero-order valence-electron chi connectivity index (χ0n) is 12.6. The van der Waals surface area contributed by atoms with Gasteiger partial charge in [0.05, 0.1) is 0 Å². The number of hydrogen-bond acceptors (Lipinski definition) is 2. The number of aryl methyl sites for hydroxylation is 1. The predicted molar refractivity (Wildman–Crippen MR) is 84.4 cm³/mol. The van der Waals surface area contributed by atoms with E-state index in [4.69, 9.17) is 4.74 Å². The molecule has 1 unspecified atom stereocenters. The highest BCUT2D eigenvalue weighted by Crippen LogP contribution is 2.30. The highest BCUT2D eigenvalue weighted by molar-refractivity contribution is 5.70. The first-order valence-corrected chi connectivity index (χ1v) is 7.52. The number of benzene rings is 2. The minimum Gasteiger partial charge on any atom is -0.427 e. The van der Waals surface area contributed by atoms with Gasteiger partial charge in [-0.3, -0.25) is 4.79 Å². The standard InChI is InChI=1S/C19H20O2/c1-13-3-4-18-12-17(6-5-16(18)11-13)15-7-9-19(10-8-15)21-14(2)20/h5-10,12-13H,3-4,11H2,1-2H3. The van der Waals surface area contributed by atoms with Gasteiger partial charge in [0.2, 0.25) is 0 Å². The normalized spacial score (nSPS) is 17.1. The quantitative estimate of drug-likeness (QED) is 0.602. The zero-order chi connectivity index (χ0) is 14.8. The summed E-state index contributed by atoms with van der Waals surface area (Å²) in [5, 5.41) is 0. The minimum atomic E-state index is -0.286. The molecular formula is C19H20O2. The number of rotatable bonds is 2. The van der Waals surface area contributed by atoms with Crippen molar-refractivity contribution >= 4 is 5.97 Å². The highest BCUT2D eigenvalue weighted by atomic mass is 16.5. The summed E-state index contributed by atoms with van der Waals surface area (Å²) in [7, 11) is 0. The van der Waals surface area contributed by atoms with E-state index in [1.54, 1.807) is 0 Å². The molecule has 0 spiro atoms. The summed E-state index contributed by atoms with van der Waals surface area (Å²) in [5.74, 6) is 1.11. The Bertz CT molecular complexity index is 656. The number of carbonyl (C=O) groups excluding carboxylic acids is 1. The lowest BCUT2D eigenvalue weighted by Gasteiger charge is -2.22. The minimum absolute atomic E-state index is 0.286.